The third kappa shape index (κ3) is 6.52. The molecule has 0 amide bonds. The predicted octanol–water partition coefficient (Wildman–Crippen LogP) is -0.234. The monoisotopic (exact) mass is 268 g/mol. The molecule has 0 saturated carbocycles. The highest BCUT2D eigenvalue weighted by atomic mass is 16.5. The van der Waals surface area contributed by atoms with E-state index in [0.29, 0.717) is 12.8 Å². The first-order chi connectivity index (χ1) is 9.06. The molecule has 0 spiro atoms. The molecule has 0 fully saturated rings. The molecular formula is C10H14N5O4+. The summed E-state index contributed by atoms with van der Waals surface area (Å²) in [5, 5.41) is 10.0. The molecule has 0 heterocycles. The molecule has 0 aliphatic heterocycles. The van der Waals surface area contributed by atoms with E-state index in [1.165, 1.54) is 0 Å². The van der Waals surface area contributed by atoms with Gasteiger partial charge in [0.15, 0.2) is 0 Å². The van der Waals surface area contributed by atoms with Gasteiger partial charge in [-0.1, -0.05) is 0 Å². The zero-order chi connectivity index (χ0) is 14.7. The summed E-state index contributed by atoms with van der Waals surface area (Å²) in [6, 6.07) is 0. The van der Waals surface area contributed by atoms with E-state index in [1.807, 2.05) is 0 Å². The topological polar surface area (TPSA) is 132 Å². The normalized spacial score (nSPS) is 10.2. The number of hydrogen-bond donors (Lipinski definition) is 2. The van der Waals surface area contributed by atoms with Crippen LogP contribution in [0.2, 0.25) is 0 Å². The molecular weight excluding hydrogens is 254 g/mol. The first-order valence-corrected chi connectivity index (χ1v) is 5.15. The van der Waals surface area contributed by atoms with Crippen LogP contribution in [0.3, 0.4) is 0 Å². The lowest BCUT2D eigenvalue weighted by molar-refractivity contribution is -0.138. The first-order valence-electron chi connectivity index (χ1n) is 5.15. The molecule has 102 valence electrons. The number of unbranched alkanes of at least 4 members (excludes halogenated alkanes) is 1. The maximum absolute atomic E-state index is 11.1. The summed E-state index contributed by atoms with van der Waals surface area (Å²) in [5.74, 6) is 2.17. The fourth-order valence-electron chi connectivity index (χ4n) is 0.870. The number of carbonyl (C=O) groups is 2. The molecule has 19 heavy (non-hydrogen) atoms. The summed E-state index contributed by atoms with van der Waals surface area (Å²) in [5.41, 5.74) is 0. The van der Waals surface area contributed by atoms with Gasteiger partial charge in [-0.05, 0) is 19.6 Å². The molecule has 0 aromatic rings. The van der Waals surface area contributed by atoms with Crippen molar-refractivity contribution in [2.75, 3.05) is 13.2 Å². The second-order valence-corrected chi connectivity index (χ2v) is 3.07. The molecule has 0 aliphatic rings. The molecule has 0 bridgehead atoms. The van der Waals surface area contributed by atoms with E-state index in [9.17, 15) is 9.59 Å². The molecule has 0 radical (unpaired) electrons. The number of hydrogen-bond acceptors (Lipinski definition) is 7. The van der Waals surface area contributed by atoms with Crippen molar-refractivity contribution >= 4 is 30.3 Å². The van der Waals surface area contributed by atoms with Gasteiger partial charge in [0.05, 0.1) is 18.3 Å². The number of nitrogens with zero attached hydrogens (tertiary/aromatic N) is 3. The number of hydrazone groups is 1. The lowest BCUT2D eigenvalue weighted by atomic mass is 10.3. The van der Waals surface area contributed by atoms with Gasteiger partial charge in [0.1, 0.15) is 6.57 Å². The minimum atomic E-state index is -0.855. The Morgan fingerprint density at radius 3 is 2.21 bits per heavy atom. The SMILES string of the molecule is C#[N+]C(=NN)C(=O)OCCCCOC(=O)C(=N)N=C. The van der Waals surface area contributed by atoms with Crippen molar-refractivity contribution < 1.29 is 19.1 Å². The number of nitrogens with two attached hydrogens (primary N) is 1. The number of amidine groups is 2. The molecule has 3 N–H and O–H groups in total. The van der Waals surface area contributed by atoms with Crippen LogP contribution in [0.15, 0.2) is 10.1 Å². The molecule has 0 rings (SSSR count). The van der Waals surface area contributed by atoms with Gasteiger partial charge >= 0.3 is 17.8 Å². The van der Waals surface area contributed by atoms with E-state index in [0.717, 1.165) is 0 Å². The van der Waals surface area contributed by atoms with Gasteiger partial charge in [-0.3, -0.25) is 5.41 Å². The van der Waals surface area contributed by atoms with Crippen LogP contribution in [0.1, 0.15) is 12.8 Å². The maximum atomic E-state index is 11.1. The van der Waals surface area contributed by atoms with Crippen molar-refractivity contribution in [2.45, 2.75) is 12.8 Å². The van der Waals surface area contributed by atoms with E-state index < -0.39 is 23.6 Å². The second kappa shape index (κ2) is 9.29. The molecule has 0 saturated heterocycles. The Labute approximate surface area is 109 Å². The summed E-state index contributed by atoms with van der Waals surface area (Å²) >= 11 is 0. The lowest BCUT2D eigenvalue weighted by Crippen LogP contribution is -2.17. The van der Waals surface area contributed by atoms with Crippen LogP contribution >= 0.6 is 0 Å². The van der Waals surface area contributed by atoms with Crippen LogP contribution in [0.5, 0.6) is 0 Å². The van der Waals surface area contributed by atoms with Gasteiger partial charge in [0.2, 0.25) is 5.84 Å². The van der Waals surface area contributed by atoms with Crippen molar-refractivity contribution in [1.29, 1.82) is 5.41 Å². The minimum Gasteiger partial charge on any atom is -0.460 e. The van der Waals surface area contributed by atoms with Gasteiger partial charge in [0, 0.05) is 0 Å². The number of carbonyl (C=O) groups excluding carboxylic acids is 2. The standard InChI is InChI=1S/C10H13N5O4/c1-13-7(11)9(16)18-5-3-4-6-19-10(17)8(14-2)15-12/h2,11H,1,3-6H2,(H-,12,17)/p+1. The van der Waals surface area contributed by atoms with Gasteiger partial charge in [0.25, 0.3) is 0 Å². The first kappa shape index (κ1) is 16.2. The Kier molecular flexibility index (Phi) is 7.94. The Balaban J connectivity index is 3.70. The van der Waals surface area contributed by atoms with Gasteiger partial charge < -0.3 is 9.47 Å². The molecule has 0 atom stereocenters. The lowest BCUT2D eigenvalue weighted by Gasteiger charge is -2.03. The largest absolute Gasteiger partial charge is 0.531 e. The van der Waals surface area contributed by atoms with Crippen molar-refractivity contribution in [3.63, 3.8) is 0 Å². The Morgan fingerprint density at radius 1 is 1.26 bits per heavy atom. The molecule has 0 aliphatic carbocycles. The second-order valence-electron chi connectivity index (χ2n) is 3.07. The van der Waals surface area contributed by atoms with Crippen molar-refractivity contribution in [1.82, 2.24) is 0 Å². The van der Waals surface area contributed by atoms with Crippen molar-refractivity contribution in [2.24, 2.45) is 15.9 Å². The number of esters is 2. The quantitative estimate of drug-likeness (QED) is 0.177. The predicted molar refractivity (Wildman–Crippen MR) is 68.4 cm³/mol. The van der Waals surface area contributed by atoms with Crippen molar-refractivity contribution in [3.8, 4) is 6.57 Å². The maximum Gasteiger partial charge on any atom is 0.531 e. The highest BCUT2D eigenvalue weighted by molar-refractivity contribution is 6.39. The third-order valence-electron chi connectivity index (χ3n) is 1.78. The van der Waals surface area contributed by atoms with Gasteiger partial charge in [-0.15, -0.1) is 4.85 Å². The van der Waals surface area contributed by atoms with E-state index in [1.54, 1.807) is 0 Å². The number of aliphatic imine (C=N–C) groups is 1. The van der Waals surface area contributed by atoms with Gasteiger partial charge in [-0.25, -0.2) is 20.4 Å². The highest BCUT2D eigenvalue weighted by Gasteiger charge is 2.22. The number of rotatable bonds is 5. The average Bonchev–Trinajstić information content (AvgIpc) is 2.42. The third-order valence-corrected chi connectivity index (χ3v) is 1.78. The van der Waals surface area contributed by atoms with E-state index in [2.05, 4.69) is 26.4 Å². The molecule has 9 heteroatoms. The zero-order valence-electron chi connectivity index (χ0n) is 10.2. The zero-order valence-corrected chi connectivity index (χ0v) is 10.2. The average molecular weight is 268 g/mol. The summed E-state index contributed by atoms with van der Waals surface area (Å²) in [4.78, 5) is 28.2. The van der Waals surface area contributed by atoms with Crippen LogP contribution in [-0.2, 0) is 19.1 Å². The molecule has 9 nitrogen and oxygen atoms in total. The minimum absolute atomic E-state index is 0.0715. The van der Waals surface area contributed by atoms with Crippen LogP contribution < -0.4 is 5.84 Å². The smallest absolute Gasteiger partial charge is 0.460 e. The number of nitrogens with one attached hydrogen (secondary N) is 1. The van der Waals surface area contributed by atoms with Gasteiger partial charge in [-0.2, -0.15) is 0 Å². The van der Waals surface area contributed by atoms with Crippen LogP contribution in [0.4, 0.5) is 0 Å². The molecule has 0 unspecified atom stereocenters. The Hall–Kier alpha value is -2.76. The summed E-state index contributed by atoms with van der Waals surface area (Å²) < 4.78 is 9.40. The highest BCUT2D eigenvalue weighted by Crippen LogP contribution is 1.95. The Bertz CT molecular complexity index is 438. The van der Waals surface area contributed by atoms with Crippen LogP contribution in [0.25, 0.3) is 4.85 Å². The fraction of sp³-hybridized carbons (Fsp3) is 0.400. The summed E-state index contributed by atoms with van der Waals surface area (Å²) in [7, 11) is 0. The van der Waals surface area contributed by atoms with E-state index in [4.69, 9.17) is 22.6 Å². The summed E-state index contributed by atoms with van der Waals surface area (Å²) in [6.45, 7) is 8.00. The fourth-order valence-corrected chi connectivity index (χ4v) is 0.870. The van der Waals surface area contributed by atoms with Crippen molar-refractivity contribution in [3.05, 3.63) is 4.85 Å². The molecule has 0 aromatic heterocycles. The van der Waals surface area contributed by atoms with Crippen LogP contribution in [-0.4, -0.2) is 43.5 Å². The van der Waals surface area contributed by atoms with E-state index >= 15 is 0 Å². The summed E-state index contributed by atoms with van der Waals surface area (Å²) in [6.07, 6.45) is 0.884. The van der Waals surface area contributed by atoms with Crippen LogP contribution in [0, 0.1) is 12.0 Å². The Morgan fingerprint density at radius 2 is 1.79 bits per heavy atom. The number of ether oxygens (including phenoxy) is 2. The molecule has 0 aromatic carbocycles. The van der Waals surface area contributed by atoms with E-state index in [-0.39, 0.29) is 13.2 Å².